The van der Waals surface area contributed by atoms with E-state index in [0.717, 1.165) is 5.69 Å². The van der Waals surface area contributed by atoms with Gasteiger partial charge in [0.05, 0.1) is 0 Å². The summed E-state index contributed by atoms with van der Waals surface area (Å²) in [5, 5.41) is 0. The van der Waals surface area contributed by atoms with E-state index in [4.69, 9.17) is 5.73 Å². The first-order valence-corrected chi connectivity index (χ1v) is 5.22. The fourth-order valence-corrected chi connectivity index (χ4v) is 1.52. The van der Waals surface area contributed by atoms with Gasteiger partial charge in [-0.05, 0) is 0 Å². The molecular weight excluding hydrogens is 287 g/mol. The van der Waals surface area contributed by atoms with E-state index in [1.807, 2.05) is 18.2 Å². The molecule has 1 rings (SSSR count). The minimum absolute atomic E-state index is 0.673. The van der Waals surface area contributed by atoms with E-state index in [1.165, 1.54) is 3.07 Å². The van der Waals surface area contributed by atoms with E-state index >= 15 is 0 Å². The first-order chi connectivity index (χ1) is 3.80. The summed E-state index contributed by atoms with van der Waals surface area (Å²) >= 11 is 0.673. The Kier molecular flexibility index (Phi) is 1.89. The number of hydrogen-bond acceptors (Lipinski definition) is 1. The van der Waals surface area contributed by atoms with Crippen LogP contribution in [0.2, 0.25) is 0 Å². The molecule has 2 heteroatoms. The van der Waals surface area contributed by atoms with Crippen LogP contribution in [0.4, 0.5) is 5.69 Å². The molecule has 1 nitrogen and oxygen atoms in total. The normalized spacial score (nSPS) is 9.25. The molecule has 0 unspecified atom stereocenters. The molecule has 0 aromatic heterocycles. The van der Waals surface area contributed by atoms with E-state index in [-0.39, 0.29) is 0 Å². The van der Waals surface area contributed by atoms with Gasteiger partial charge in [-0.2, -0.15) is 0 Å². The molecule has 1 aromatic carbocycles. The average Bonchev–Trinajstić information content (AvgIpc) is 1.77. The van der Waals surface area contributed by atoms with Gasteiger partial charge in [-0.25, -0.2) is 0 Å². The Morgan fingerprint density at radius 1 is 1.25 bits per heavy atom. The summed E-state index contributed by atoms with van der Waals surface area (Å²) in [7, 11) is 0. The van der Waals surface area contributed by atoms with Crippen LogP contribution in [0.25, 0.3) is 0 Å². The van der Waals surface area contributed by atoms with Crippen molar-refractivity contribution in [3.05, 3.63) is 24.3 Å². The molecule has 2 N–H and O–H groups in total. The first kappa shape index (κ1) is 6.08. The molecule has 0 aliphatic heterocycles. The monoisotopic (exact) mass is 294 g/mol. The van der Waals surface area contributed by atoms with Gasteiger partial charge in [-0.3, -0.25) is 0 Å². The Morgan fingerprint density at radius 2 is 1.88 bits per heavy atom. The van der Waals surface area contributed by atoms with E-state index < -0.39 is 0 Å². The molecule has 0 bridgehead atoms. The van der Waals surface area contributed by atoms with E-state index in [1.54, 1.807) is 0 Å². The van der Waals surface area contributed by atoms with Gasteiger partial charge >= 0.3 is 64.9 Å². The van der Waals surface area contributed by atoms with Gasteiger partial charge in [-0.15, -0.1) is 0 Å². The van der Waals surface area contributed by atoms with Gasteiger partial charge in [0.2, 0.25) is 0 Å². The van der Waals surface area contributed by atoms with Crippen LogP contribution in [0, 0.1) is 0 Å². The van der Waals surface area contributed by atoms with Gasteiger partial charge in [0.1, 0.15) is 0 Å². The summed E-state index contributed by atoms with van der Waals surface area (Å²) in [6.07, 6.45) is 0. The summed E-state index contributed by atoms with van der Waals surface area (Å²) in [6.45, 7) is 0. The van der Waals surface area contributed by atoms with Crippen LogP contribution in [0.5, 0.6) is 0 Å². The van der Waals surface area contributed by atoms with Gasteiger partial charge in [0.15, 0.2) is 0 Å². The molecule has 0 spiro atoms. The minimum atomic E-state index is 0.673. The van der Waals surface area contributed by atoms with Crippen molar-refractivity contribution in [1.29, 1.82) is 0 Å². The van der Waals surface area contributed by atoms with Crippen LogP contribution in [0.15, 0.2) is 24.3 Å². The van der Waals surface area contributed by atoms with Gasteiger partial charge in [-0.1, -0.05) is 0 Å². The van der Waals surface area contributed by atoms with Crippen LogP contribution in [0.3, 0.4) is 0 Å². The molecule has 0 amide bonds. The molecule has 0 saturated carbocycles. The van der Waals surface area contributed by atoms with Crippen molar-refractivity contribution in [1.82, 2.24) is 0 Å². The molecule has 0 heterocycles. The summed E-state index contributed by atoms with van der Waals surface area (Å²) in [5.74, 6) is 0. The van der Waals surface area contributed by atoms with Crippen molar-refractivity contribution in [3.63, 3.8) is 0 Å². The number of rotatable bonds is 0. The molecule has 0 aliphatic rings. The molecule has 0 aliphatic carbocycles. The molecule has 1 aromatic rings. The Bertz CT molecular complexity index is 165. The van der Waals surface area contributed by atoms with Crippen molar-refractivity contribution in [2.45, 2.75) is 0 Å². The van der Waals surface area contributed by atoms with Crippen molar-refractivity contribution in [2.75, 3.05) is 5.73 Å². The molecular formula is C6H6HgN. The topological polar surface area (TPSA) is 26.0 Å². The fraction of sp³-hybridized carbons (Fsp3) is 0. The van der Waals surface area contributed by atoms with Crippen LogP contribution in [-0.2, 0) is 26.1 Å². The van der Waals surface area contributed by atoms with Crippen LogP contribution >= 0.6 is 0 Å². The summed E-state index contributed by atoms with van der Waals surface area (Å²) in [5.41, 5.74) is 6.52. The number of hydrogen-bond donors (Lipinski definition) is 1. The second kappa shape index (κ2) is 2.49. The number of para-hydroxylation sites is 1. The maximum absolute atomic E-state index is 5.57. The van der Waals surface area contributed by atoms with E-state index in [0.29, 0.717) is 26.1 Å². The Hall–Kier alpha value is -0.0449. The SMILES string of the molecule is Nc1cccc[c]1[Hg]. The number of nitrogens with two attached hydrogens (primary N) is 1. The predicted octanol–water partition coefficient (Wildman–Crippen LogP) is 0.441. The first-order valence-electron chi connectivity index (χ1n) is 2.47. The van der Waals surface area contributed by atoms with Crippen molar-refractivity contribution >= 4 is 8.76 Å². The zero-order valence-corrected chi connectivity index (χ0v) is 10.1. The van der Waals surface area contributed by atoms with Crippen molar-refractivity contribution < 1.29 is 26.1 Å². The standard InChI is InChI=1S/C6H6N.Hg/c7-6-4-2-1-3-5-6;/h1-4H,7H2;. The molecule has 0 fully saturated rings. The predicted molar refractivity (Wildman–Crippen MR) is 30.5 cm³/mol. The third-order valence-electron chi connectivity index (χ3n) is 1.06. The summed E-state index contributed by atoms with van der Waals surface area (Å²) < 4.78 is 1.34. The fourth-order valence-electron chi connectivity index (χ4n) is 0.534. The third kappa shape index (κ3) is 1.22. The van der Waals surface area contributed by atoms with Gasteiger partial charge < -0.3 is 0 Å². The molecule has 8 heavy (non-hydrogen) atoms. The summed E-state index contributed by atoms with van der Waals surface area (Å²) in [4.78, 5) is 0. The zero-order valence-electron chi connectivity index (χ0n) is 4.59. The van der Waals surface area contributed by atoms with Gasteiger partial charge in [0, 0.05) is 0 Å². The Morgan fingerprint density at radius 3 is 2.25 bits per heavy atom. The molecule has 0 radical (unpaired) electrons. The number of benzene rings is 1. The second-order valence-corrected chi connectivity index (χ2v) is 4.66. The van der Waals surface area contributed by atoms with Gasteiger partial charge in [0.25, 0.3) is 0 Å². The third-order valence-corrected chi connectivity index (χ3v) is 3.56. The van der Waals surface area contributed by atoms with Crippen LogP contribution in [-0.4, -0.2) is 0 Å². The zero-order chi connectivity index (χ0) is 5.98. The Labute approximate surface area is 64.9 Å². The molecule has 37 valence electrons. The molecule has 0 atom stereocenters. The average molecular weight is 293 g/mol. The van der Waals surface area contributed by atoms with Crippen molar-refractivity contribution in [3.8, 4) is 0 Å². The molecule has 0 saturated heterocycles. The van der Waals surface area contributed by atoms with E-state index in [9.17, 15) is 0 Å². The van der Waals surface area contributed by atoms with Crippen molar-refractivity contribution in [2.24, 2.45) is 0 Å². The number of anilines is 1. The summed E-state index contributed by atoms with van der Waals surface area (Å²) in [6, 6.07) is 8.02. The quantitative estimate of drug-likeness (QED) is 0.545. The number of nitrogen functional groups attached to an aromatic ring is 1. The van der Waals surface area contributed by atoms with Crippen LogP contribution in [0.1, 0.15) is 0 Å². The maximum atomic E-state index is 5.57. The van der Waals surface area contributed by atoms with Crippen LogP contribution < -0.4 is 8.81 Å². The van der Waals surface area contributed by atoms with E-state index in [2.05, 4.69) is 6.07 Å². The Balaban J connectivity index is 3.13. The second-order valence-electron chi connectivity index (χ2n) is 1.70.